The maximum absolute atomic E-state index is 14.1. The number of pyridine rings is 1. The van der Waals surface area contributed by atoms with Crippen LogP contribution in [0, 0.1) is 5.92 Å². The Bertz CT molecular complexity index is 1160. The van der Waals surface area contributed by atoms with Gasteiger partial charge in [-0.05, 0) is 55.2 Å². The van der Waals surface area contributed by atoms with E-state index in [2.05, 4.69) is 10.3 Å². The average molecular weight is 489 g/mol. The number of hydrogen-bond acceptors (Lipinski definition) is 5. The van der Waals surface area contributed by atoms with Crippen LogP contribution in [0.4, 0.5) is 13.2 Å². The highest BCUT2D eigenvalue weighted by Crippen LogP contribution is 2.37. The van der Waals surface area contributed by atoms with Gasteiger partial charge in [0.1, 0.15) is 11.4 Å². The van der Waals surface area contributed by atoms with Crippen LogP contribution >= 0.6 is 11.6 Å². The van der Waals surface area contributed by atoms with Gasteiger partial charge in [0.05, 0.1) is 11.6 Å². The monoisotopic (exact) mass is 488 g/mol. The minimum Gasteiger partial charge on any atom is -0.438 e. The number of amides is 1. The summed E-state index contributed by atoms with van der Waals surface area (Å²) in [7, 11) is -4.06. The normalized spacial score (nSPS) is 15.9. The van der Waals surface area contributed by atoms with Crippen molar-refractivity contribution in [2.45, 2.75) is 31.7 Å². The lowest BCUT2D eigenvalue weighted by atomic mass is 10.1. The fourth-order valence-corrected chi connectivity index (χ4v) is 3.44. The Morgan fingerprint density at radius 2 is 2.00 bits per heavy atom. The lowest BCUT2D eigenvalue weighted by molar-refractivity contribution is 0.0149. The fraction of sp³-hybridized carbons (Fsp3) is 0.333. The largest absolute Gasteiger partial charge is 0.438 e. The standard InChI is InChI=1S/C21H20ClF3N2O4S/c1-21(24,25)15-8-9-16(27-20(15)31-14-5-3-4-13(22)10-14)19(28)26-17(12-6-7-12)11-18(23)32(2,29)30/h3-5,8-12,17H,6-7H2,1-2H3,(H,26,28)/b18-11+/t17-/m1/s1. The molecule has 0 spiro atoms. The Morgan fingerprint density at radius 3 is 2.56 bits per heavy atom. The molecule has 1 saturated carbocycles. The van der Waals surface area contributed by atoms with E-state index in [1.807, 2.05) is 0 Å². The smallest absolute Gasteiger partial charge is 0.275 e. The number of carbonyl (C=O) groups is 1. The summed E-state index contributed by atoms with van der Waals surface area (Å²) in [6.07, 6.45) is 2.91. The number of carbonyl (C=O) groups excluding carboxylic acids is 1. The quantitative estimate of drug-likeness (QED) is 0.565. The third-order valence-electron chi connectivity index (χ3n) is 4.67. The van der Waals surface area contributed by atoms with E-state index in [1.165, 1.54) is 12.1 Å². The van der Waals surface area contributed by atoms with Crippen LogP contribution in [0.25, 0.3) is 0 Å². The summed E-state index contributed by atoms with van der Waals surface area (Å²) < 4.78 is 70.3. The Labute approximate surface area is 188 Å². The maximum Gasteiger partial charge on any atom is 0.275 e. The molecule has 32 heavy (non-hydrogen) atoms. The highest BCUT2D eigenvalue weighted by Gasteiger charge is 2.34. The molecule has 0 unspecified atom stereocenters. The van der Waals surface area contributed by atoms with Crippen molar-refractivity contribution in [3.8, 4) is 11.6 Å². The van der Waals surface area contributed by atoms with Crippen molar-refractivity contribution in [2.75, 3.05) is 6.26 Å². The van der Waals surface area contributed by atoms with Crippen LogP contribution in [0.5, 0.6) is 11.6 Å². The van der Waals surface area contributed by atoms with Gasteiger partial charge in [-0.2, -0.15) is 4.39 Å². The Hall–Kier alpha value is -2.59. The van der Waals surface area contributed by atoms with Gasteiger partial charge in [0.2, 0.25) is 20.9 Å². The van der Waals surface area contributed by atoms with Crippen molar-refractivity contribution < 1.29 is 31.1 Å². The fourth-order valence-electron chi connectivity index (χ4n) is 2.86. The van der Waals surface area contributed by atoms with Gasteiger partial charge in [0.15, 0.2) is 0 Å². The second-order valence-corrected chi connectivity index (χ2v) is 9.95. The molecule has 0 saturated heterocycles. The van der Waals surface area contributed by atoms with Gasteiger partial charge in [0.25, 0.3) is 11.8 Å². The van der Waals surface area contributed by atoms with Crippen molar-refractivity contribution >= 4 is 27.3 Å². The van der Waals surface area contributed by atoms with Crippen molar-refractivity contribution in [2.24, 2.45) is 5.92 Å². The molecule has 1 amide bonds. The van der Waals surface area contributed by atoms with E-state index in [-0.39, 0.29) is 17.4 Å². The number of alkyl halides is 2. The number of ether oxygens (including phenoxy) is 1. The zero-order valence-corrected chi connectivity index (χ0v) is 18.7. The van der Waals surface area contributed by atoms with Crippen molar-refractivity contribution in [3.05, 3.63) is 63.9 Å². The topological polar surface area (TPSA) is 85.4 Å². The zero-order valence-electron chi connectivity index (χ0n) is 17.1. The molecule has 1 aromatic carbocycles. The van der Waals surface area contributed by atoms with Gasteiger partial charge in [-0.25, -0.2) is 22.2 Å². The molecule has 1 fully saturated rings. The van der Waals surface area contributed by atoms with Crippen molar-refractivity contribution in [1.82, 2.24) is 10.3 Å². The molecular weight excluding hydrogens is 469 g/mol. The highest BCUT2D eigenvalue weighted by atomic mass is 35.5. The molecule has 2 aromatic rings. The van der Waals surface area contributed by atoms with Crippen LogP contribution in [0.1, 0.15) is 35.8 Å². The molecule has 0 radical (unpaired) electrons. The minimum atomic E-state index is -4.06. The summed E-state index contributed by atoms with van der Waals surface area (Å²) in [6.45, 7) is 0.663. The molecule has 172 valence electrons. The van der Waals surface area contributed by atoms with Gasteiger partial charge in [-0.3, -0.25) is 4.79 Å². The van der Waals surface area contributed by atoms with Crippen LogP contribution in [0.3, 0.4) is 0 Å². The number of nitrogens with zero attached hydrogens (tertiary/aromatic N) is 1. The summed E-state index contributed by atoms with van der Waals surface area (Å²) in [4.78, 5) is 16.6. The van der Waals surface area contributed by atoms with Crippen molar-refractivity contribution in [3.63, 3.8) is 0 Å². The second-order valence-electron chi connectivity index (χ2n) is 7.58. The molecule has 1 aliphatic rings. The van der Waals surface area contributed by atoms with Crippen LogP contribution in [0.2, 0.25) is 5.02 Å². The zero-order chi connectivity index (χ0) is 23.7. The first kappa shape index (κ1) is 24.1. The number of halogens is 4. The van der Waals surface area contributed by atoms with Crippen LogP contribution < -0.4 is 10.1 Å². The van der Waals surface area contributed by atoms with Gasteiger partial charge in [-0.15, -0.1) is 0 Å². The van der Waals surface area contributed by atoms with Crippen LogP contribution in [0.15, 0.2) is 47.6 Å². The molecule has 0 aliphatic heterocycles. The summed E-state index contributed by atoms with van der Waals surface area (Å²) in [5.41, 5.74) is -0.801. The van der Waals surface area contributed by atoms with Gasteiger partial charge in [0, 0.05) is 18.2 Å². The first-order valence-corrected chi connectivity index (χ1v) is 11.8. The highest BCUT2D eigenvalue weighted by molar-refractivity contribution is 7.94. The average Bonchev–Trinajstić information content (AvgIpc) is 3.51. The molecule has 11 heteroatoms. The third-order valence-corrected chi connectivity index (χ3v) is 5.75. The van der Waals surface area contributed by atoms with E-state index in [9.17, 15) is 26.4 Å². The SMILES string of the molecule is CC(F)(F)c1ccc(C(=O)N[C@H](/C=C(\F)S(C)(=O)=O)C2CC2)nc1Oc1cccc(Cl)c1. The predicted octanol–water partition coefficient (Wildman–Crippen LogP) is 5.00. The molecule has 3 rings (SSSR count). The molecule has 0 bridgehead atoms. The Morgan fingerprint density at radius 1 is 1.31 bits per heavy atom. The summed E-state index contributed by atoms with van der Waals surface area (Å²) in [5.74, 6) is -4.59. The van der Waals surface area contributed by atoms with Crippen LogP contribution in [-0.4, -0.2) is 31.6 Å². The van der Waals surface area contributed by atoms with E-state index < -0.39 is 44.3 Å². The molecule has 1 atom stereocenters. The number of rotatable bonds is 8. The molecule has 1 aliphatic carbocycles. The van der Waals surface area contributed by atoms with Crippen molar-refractivity contribution in [1.29, 1.82) is 0 Å². The van der Waals surface area contributed by atoms with Crippen LogP contribution in [-0.2, 0) is 15.8 Å². The summed E-state index contributed by atoms with van der Waals surface area (Å²) in [5, 5.41) is 1.47. The molecular formula is C21H20ClF3N2O4S. The number of aromatic nitrogens is 1. The van der Waals surface area contributed by atoms with Gasteiger partial charge in [-0.1, -0.05) is 17.7 Å². The lowest BCUT2D eigenvalue weighted by Gasteiger charge is -2.18. The first-order chi connectivity index (χ1) is 14.8. The third kappa shape index (κ3) is 6.23. The van der Waals surface area contributed by atoms with E-state index in [4.69, 9.17) is 16.3 Å². The minimum absolute atomic E-state index is 0.132. The first-order valence-electron chi connectivity index (χ1n) is 9.55. The number of hydrogen-bond donors (Lipinski definition) is 1. The predicted molar refractivity (Wildman–Crippen MR) is 113 cm³/mol. The van der Waals surface area contributed by atoms with E-state index in [0.29, 0.717) is 24.8 Å². The summed E-state index contributed by atoms with van der Waals surface area (Å²) in [6, 6.07) is 7.23. The molecule has 1 N–H and O–H groups in total. The lowest BCUT2D eigenvalue weighted by Crippen LogP contribution is -2.36. The maximum atomic E-state index is 14.1. The van der Waals surface area contributed by atoms with Gasteiger partial charge < -0.3 is 10.1 Å². The number of benzene rings is 1. The number of sulfone groups is 1. The molecule has 6 nitrogen and oxygen atoms in total. The summed E-state index contributed by atoms with van der Waals surface area (Å²) >= 11 is 5.90. The Balaban J connectivity index is 1.90. The van der Waals surface area contributed by atoms with E-state index >= 15 is 0 Å². The van der Waals surface area contributed by atoms with E-state index in [0.717, 1.165) is 24.5 Å². The number of nitrogens with one attached hydrogen (secondary N) is 1. The molecule has 1 heterocycles. The van der Waals surface area contributed by atoms with E-state index in [1.54, 1.807) is 12.1 Å². The Kier molecular flexibility index (Phi) is 6.85. The second kappa shape index (κ2) is 9.11. The van der Waals surface area contributed by atoms with Gasteiger partial charge >= 0.3 is 0 Å². The molecule has 1 aromatic heterocycles.